The van der Waals surface area contributed by atoms with E-state index >= 15 is 0 Å². The van der Waals surface area contributed by atoms with Gasteiger partial charge in [0.1, 0.15) is 0 Å². The summed E-state index contributed by atoms with van der Waals surface area (Å²) < 4.78 is 0. The first-order valence-corrected chi connectivity index (χ1v) is 2.83. The summed E-state index contributed by atoms with van der Waals surface area (Å²) in [6.07, 6.45) is 0. The molecule has 0 rings (SSSR count). The normalized spacial score (nSPS) is 2.40. The molecule has 0 spiro atoms. The van der Waals surface area contributed by atoms with Crippen molar-refractivity contribution in [2.24, 2.45) is 0 Å². The van der Waals surface area contributed by atoms with Crippen LogP contribution in [0.4, 0.5) is 0 Å². The predicted octanol–water partition coefficient (Wildman–Crippen LogP) is 4.08. The Labute approximate surface area is 87.7 Å². The summed E-state index contributed by atoms with van der Waals surface area (Å²) in [5.74, 6) is 0. The number of rotatable bonds is 0. The number of hydrogen-bond acceptors (Lipinski definition) is 0. The van der Waals surface area contributed by atoms with E-state index in [0.29, 0.717) is 0 Å². The standard InChI is InChI=1S/4C2H5.H2N.Zr/c4*1-2;;/h4*1H2,2H3;1H2;/q5*-1;. The third-order valence-electron chi connectivity index (χ3n) is 0. The van der Waals surface area contributed by atoms with Crippen LogP contribution in [0.3, 0.4) is 0 Å². The summed E-state index contributed by atoms with van der Waals surface area (Å²) in [4.78, 5) is 0. The second-order valence-corrected chi connectivity index (χ2v) is 0. The van der Waals surface area contributed by atoms with Crippen molar-refractivity contribution in [3.05, 3.63) is 33.8 Å². The molecule has 0 aromatic heterocycles. The first kappa shape index (κ1) is 44.8. The van der Waals surface area contributed by atoms with Gasteiger partial charge in [-0.05, 0) is 0 Å². The van der Waals surface area contributed by atoms with Crippen LogP contribution in [0.2, 0.25) is 0 Å². The van der Waals surface area contributed by atoms with Crippen LogP contribution in [-0.2, 0) is 26.2 Å². The summed E-state index contributed by atoms with van der Waals surface area (Å²) in [5.41, 5.74) is 0. The Morgan fingerprint density at radius 2 is 0.500 bits per heavy atom. The Kier molecular flexibility index (Phi) is 4850. The summed E-state index contributed by atoms with van der Waals surface area (Å²) >= 11 is 0. The zero-order chi connectivity index (χ0) is 8.00. The van der Waals surface area contributed by atoms with Crippen LogP contribution in [0.15, 0.2) is 0 Å². The van der Waals surface area contributed by atoms with Crippen molar-refractivity contribution in [2.75, 3.05) is 0 Å². The first-order chi connectivity index (χ1) is 4.00. The summed E-state index contributed by atoms with van der Waals surface area (Å²) in [6.45, 7) is 20.0. The van der Waals surface area contributed by atoms with E-state index in [-0.39, 0.29) is 32.4 Å². The van der Waals surface area contributed by atoms with E-state index in [0.717, 1.165) is 0 Å². The molecule has 0 saturated carbocycles. The fourth-order valence-electron chi connectivity index (χ4n) is 0. The third kappa shape index (κ3) is 765. The van der Waals surface area contributed by atoms with Gasteiger partial charge in [0.15, 0.2) is 0 Å². The van der Waals surface area contributed by atoms with Crippen LogP contribution in [0, 0.1) is 27.7 Å². The van der Waals surface area contributed by atoms with Crippen LogP contribution in [0.5, 0.6) is 0 Å². The SMILES string of the molecule is [CH2-]C.[CH2-]C.[CH2-]C.[CH2-]C.[NH2-].[Zr]. The Bertz CT molecular complexity index is 9.22. The molecule has 0 aromatic carbocycles. The van der Waals surface area contributed by atoms with Crippen LogP contribution < -0.4 is 0 Å². The molecule has 0 heterocycles. The molecule has 0 bridgehead atoms. The summed E-state index contributed by atoms with van der Waals surface area (Å²) in [7, 11) is 0. The Morgan fingerprint density at radius 3 is 0.500 bits per heavy atom. The molecule has 0 unspecified atom stereocenters. The van der Waals surface area contributed by atoms with Gasteiger partial charge in [-0.3, -0.25) is 0 Å². The van der Waals surface area contributed by atoms with E-state index in [1.807, 2.05) is 0 Å². The van der Waals surface area contributed by atoms with Crippen molar-refractivity contribution in [1.82, 2.24) is 0 Å². The van der Waals surface area contributed by atoms with Gasteiger partial charge in [0.25, 0.3) is 0 Å². The maximum Gasteiger partial charge on any atom is 0 e. The van der Waals surface area contributed by atoms with Gasteiger partial charge >= 0.3 is 0 Å². The van der Waals surface area contributed by atoms with Gasteiger partial charge in [-0.25, -0.2) is 0 Å². The molecular weight excluding hydrogens is 201 g/mol. The second-order valence-electron chi connectivity index (χ2n) is 0. The molecule has 0 aliphatic carbocycles. The van der Waals surface area contributed by atoms with E-state index in [1.165, 1.54) is 0 Å². The van der Waals surface area contributed by atoms with Crippen LogP contribution in [0.1, 0.15) is 27.7 Å². The van der Waals surface area contributed by atoms with Crippen molar-refractivity contribution in [2.45, 2.75) is 27.7 Å². The maximum atomic E-state index is 3.25. The third-order valence-corrected chi connectivity index (χ3v) is 0. The van der Waals surface area contributed by atoms with Gasteiger partial charge in [-0.1, -0.05) is 0 Å². The fourth-order valence-corrected chi connectivity index (χ4v) is 0. The quantitative estimate of drug-likeness (QED) is 0.555. The summed E-state index contributed by atoms with van der Waals surface area (Å²) in [6, 6.07) is 0. The molecule has 10 heavy (non-hydrogen) atoms. The van der Waals surface area contributed by atoms with Gasteiger partial charge in [0.05, 0.1) is 0 Å². The molecule has 0 aliphatic heterocycles. The van der Waals surface area contributed by atoms with Gasteiger partial charge in [-0.15, -0.1) is 0 Å². The van der Waals surface area contributed by atoms with Crippen molar-refractivity contribution in [1.29, 1.82) is 0 Å². The minimum atomic E-state index is 0. The molecular formula is C8H22NZr-5. The first-order valence-electron chi connectivity index (χ1n) is 2.83. The molecule has 0 radical (unpaired) electrons. The molecule has 2 N–H and O–H groups in total. The Hall–Kier alpha value is 0.843. The Balaban J connectivity index is -0.00000000500. The zero-order valence-electron chi connectivity index (χ0n) is 7.91. The average Bonchev–Trinajstić information content (AvgIpc) is 2.03. The van der Waals surface area contributed by atoms with Gasteiger partial charge < -0.3 is 33.8 Å². The molecule has 2 heteroatoms. The molecule has 0 amide bonds. The molecule has 0 atom stereocenters. The second kappa shape index (κ2) is 1080. The number of nitrogens with two attached hydrogens (primary N) is 1. The molecule has 0 aliphatic rings. The monoisotopic (exact) mass is 222 g/mol. The minimum absolute atomic E-state index is 0. The van der Waals surface area contributed by atoms with E-state index in [2.05, 4.69) is 27.7 Å². The molecule has 0 saturated heterocycles. The maximum absolute atomic E-state index is 3.25. The molecule has 0 fully saturated rings. The van der Waals surface area contributed by atoms with Gasteiger partial charge in [-0.2, -0.15) is 27.7 Å². The van der Waals surface area contributed by atoms with Crippen molar-refractivity contribution >= 4 is 0 Å². The van der Waals surface area contributed by atoms with Gasteiger partial charge in [0.2, 0.25) is 0 Å². The fraction of sp³-hybridized carbons (Fsp3) is 0.500. The van der Waals surface area contributed by atoms with Crippen LogP contribution in [-0.4, -0.2) is 0 Å². The Morgan fingerprint density at radius 1 is 0.500 bits per heavy atom. The van der Waals surface area contributed by atoms with Crippen molar-refractivity contribution in [3.63, 3.8) is 0 Å². The zero-order valence-corrected chi connectivity index (χ0v) is 10.4. The number of hydrogen-bond donors (Lipinski definition) is 0. The minimum Gasteiger partial charge on any atom is -0.693 e. The van der Waals surface area contributed by atoms with E-state index in [9.17, 15) is 0 Å². The smallest absolute Gasteiger partial charge is 0 e. The van der Waals surface area contributed by atoms with Crippen molar-refractivity contribution in [3.8, 4) is 0 Å². The van der Waals surface area contributed by atoms with Crippen molar-refractivity contribution < 1.29 is 26.2 Å². The van der Waals surface area contributed by atoms with Crippen LogP contribution >= 0.6 is 0 Å². The van der Waals surface area contributed by atoms with E-state index in [1.54, 1.807) is 27.7 Å². The van der Waals surface area contributed by atoms with E-state index < -0.39 is 0 Å². The van der Waals surface area contributed by atoms with Gasteiger partial charge in [0, 0.05) is 26.2 Å². The predicted molar refractivity (Wildman–Crippen MR) is 49.4 cm³/mol. The molecule has 1 nitrogen and oxygen atoms in total. The van der Waals surface area contributed by atoms with Crippen LogP contribution in [0.25, 0.3) is 6.15 Å². The summed E-state index contributed by atoms with van der Waals surface area (Å²) in [5, 5.41) is 0. The molecule has 0 aromatic rings. The topological polar surface area (TPSA) is 33.5 Å². The van der Waals surface area contributed by atoms with E-state index in [4.69, 9.17) is 0 Å². The average molecular weight is 223 g/mol. The molecule has 68 valence electrons. The largest absolute Gasteiger partial charge is 0.693 e.